The largest absolute Gasteiger partial charge is 0.373 e. The van der Waals surface area contributed by atoms with E-state index < -0.39 is 10.0 Å². The van der Waals surface area contributed by atoms with E-state index in [1.165, 1.54) is 16.4 Å². The molecule has 0 radical (unpaired) electrons. The molecule has 8 heteroatoms. The van der Waals surface area contributed by atoms with Crippen LogP contribution in [0.4, 0.5) is 0 Å². The minimum atomic E-state index is -3.58. The molecular formula is C18H29N3O4S. The molecule has 26 heavy (non-hydrogen) atoms. The molecule has 2 rings (SSSR count). The maximum atomic E-state index is 12.8. The number of benzene rings is 1. The number of sulfonamides is 1. The second-order valence-corrected chi connectivity index (χ2v) is 8.95. The number of ether oxygens (including phenoxy) is 1. The summed E-state index contributed by atoms with van der Waals surface area (Å²) in [4.78, 5) is 14.4. The van der Waals surface area contributed by atoms with Crippen LogP contribution in [0.3, 0.4) is 0 Å². The second kappa shape index (κ2) is 8.94. The summed E-state index contributed by atoms with van der Waals surface area (Å²) >= 11 is 0. The lowest BCUT2D eigenvalue weighted by molar-refractivity contribution is -0.0440. The van der Waals surface area contributed by atoms with Crippen molar-refractivity contribution in [2.45, 2.75) is 37.4 Å². The molecule has 0 spiro atoms. The third-order valence-corrected chi connectivity index (χ3v) is 6.05. The van der Waals surface area contributed by atoms with E-state index in [1.54, 1.807) is 12.1 Å². The Labute approximate surface area is 156 Å². The van der Waals surface area contributed by atoms with E-state index in [1.807, 2.05) is 27.9 Å². The summed E-state index contributed by atoms with van der Waals surface area (Å²) in [5.41, 5.74) is 0.456. The molecule has 0 unspecified atom stereocenters. The summed E-state index contributed by atoms with van der Waals surface area (Å²) in [5.74, 6) is -0.193. The maximum Gasteiger partial charge on any atom is 0.251 e. The van der Waals surface area contributed by atoms with Crippen LogP contribution in [0, 0.1) is 0 Å². The third-order valence-electron chi connectivity index (χ3n) is 4.21. The standard InChI is InChI=1S/C18H29N3O4S/c1-14-12-21(13-15(2)25-14)26(23,24)17-8-6-16(7-9-17)18(22)19-10-5-11-20(3)4/h6-9,14-15H,5,10-13H2,1-4H3,(H,19,22)/t14-,15-/m0/s1. The van der Waals surface area contributed by atoms with Crippen LogP contribution < -0.4 is 5.32 Å². The van der Waals surface area contributed by atoms with Crippen molar-refractivity contribution < 1.29 is 17.9 Å². The Balaban J connectivity index is 2.00. The highest BCUT2D eigenvalue weighted by molar-refractivity contribution is 7.89. The number of carbonyl (C=O) groups excluding carboxylic acids is 1. The number of nitrogens with zero attached hydrogens (tertiary/aromatic N) is 2. The Bertz CT molecular complexity index is 694. The van der Waals surface area contributed by atoms with Gasteiger partial charge in [0.15, 0.2) is 0 Å². The third kappa shape index (κ3) is 5.51. The molecule has 0 saturated carbocycles. The van der Waals surface area contributed by atoms with Gasteiger partial charge in [-0.25, -0.2) is 8.42 Å². The number of rotatable bonds is 7. The van der Waals surface area contributed by atoms with E-state index in [4.69, 9.17) is 4.74 Å². The minimum absolute atomic E-state index is 0.138. The summed E-state index contributed by atoms with van der Waals surface area (Å²) in [6.07, 6.45) is 0.583. The topological polar surface area (TPSA) is 79.0 Å². The van der Waals surface area contributed by atoms with Gasteiger partial charge in [0.25, 0.3) is 5.91 Å². The van der Waals surface area contributed by atoms with Gasteiger partial charge in [0.05, 0.1) is 17.1 Å². The Hall–Kier alpha value is -1.48. The lowest BCUT2D eigenvalue weighted by atomic mass is 10.2. The number of hydrogen-bond donors (Lipinski definition) is 1. The zero-order valence-corrected chi connectivity index (χ0v) is 16.8. The average Bonchev–Trinajstić information content (AvgIpc) is 2.57. The molecule has 146 valence electrons. The SMILES string of the molecule is C[C@H]1CN(S(=O)(=O)c2ccc(C(=O)NCCCN(C)C)cc2)C[C@H](C)O1. The average molecular weight is 384 g/mol. The van der Waals surface area contributed by atoms with Gasteiger partial charge in [-0.1, -0.05) is 0 Å². The number of amides is 1. The molecule has 1 fully saturated rings. The van der Waals surface area contributed by atoms with Gasteiger partial charge in [-0.3, -0.25) is 4.79 Å². The molecule has 2 atom stereocenters. The lowest BCUT2D eigenvalue weighted by Gasteiger charge is -2.34. The van der Waals surface area contributed by atoms with Crippen molar-refractivity contribution in [3.8, 4) is 0 Å². The fourth-order valence-corrected chi connectivity index (χ4v) is 4.54. The predicted octanol–water partition coefficient (Wildman–Crippen LogP) is 1.17. The number of carbonyl (C=O) groups is 1. The number of hydrogen-bond acceptors (Lipinski definition) is 5. The molecule has 1 aliphatic rings. The lowest BCUT2D eigenvalue weighted by Crippen LogP contribution is -2.48. The van der Waals surface area contributed by atoms with Crippen LogP contribution >= 0.6 is 0 Å². The monoisotopic (exact) mass is 383 g/mol. The first kappa shape index (κ1) is 20.8. The molecule has 1 N–H and O–H groups in total. The van der Waals surface area contributed by atoms with Crippen LogP contribution in [0.1, 0.15) is 30.6 Å². The van der Waals surface area contributed by atoms with Gasteiger partial charge in [0.1, 0.15) is 0 Å². The van der Waals surface area contributed by atoms with Crippen molar-refractivity contribution in [3.63, 3.8) is 0 Å². The summed E-state index contributed by atoms with van der Waals surface area (Å²) in [7, 11) is 0.382. The molecule has 0 bridgehead atoms. The van der Waals surface area contributed by atoms with Gasteiger partial charge in [-0.15, -0.1) is 0 Å². The van der Waals surface area contributed by atoms with Crippen LogP contribution in [-0.2, 0) is 14.8 Å². The Morgan fingerprint density at radius 2 is 1.77 bits per heavy atom. The van der Waals surface area contributed by atoms with Crippen molar-refractivity contribution >= 4 is 15.9 Å². The van der Waals surface area contributed by atoms with Crippen molar-refractivity contribution in [3.05, 3.63) is 29.8 Å². The normalized spacial score (nSPS) is 21.7. The van der Waals surface area contributed by atoms with Crippen molar-refractivity contribution in [2.75, 3.05) is 40.3 Å². The Morgan fingerprint density at radius 1 is 1.19 bits per heavy atom. The fourth-order valence-electron chi connectivity index (χ4n) is 2.95. The fraction of sp³-hybridized carbons (Fsp3) is 0.611. The summed E-state index contributed by atoms with van der Waals surface area (Å²) in [6, 6.07) is 6.10. The molecule has 1 heterocycles. The smallest absolute Gasteiger partial charge is 0.251 e. The van der Waals surface area contributed by atoms with Gasteiger partial charge < -0.3 is 15.0 Å². The Kier molecular flexibility index (Phi) is 7.16. The van der Waals surface area contributed by atoms with Gasteiger partial charge in [-0.05, 0) is 65.2 Å². The quantitative estimate of drug-likeness (QED) is 0.715. The molecular weight excluding hydrogens is 354 g/mol. The molecule has 1 amide bonds. The van der Waals surface area contributed by atoms with E-state index in [-0.39, 0.29) is 23.0 Å². The number of nitrogens with one attached hydrogen (secondary N) is 1. The van der Waals surface area contributed by atoms with E-state index in [0.29, 0.717) is 25.2 Å². The van der Waals surface area contributed by atoms with Crippen LogP contribution in [0.25, 0.3) is 0 Å². The first-order valence-corrected chi connectivity index (χ1v) is 10.3. The summed E-state index contributed by atoms with van der Waals surface area (Å²) in [6.45, 7) is 5.87. The van der Waals surface area contributed by atoms with Crippen molar-refractivity contribution in [1.82, 2.24) is 14.5 Å². The van der Waals surface area contributed by atoms with Crippen molar-refractivity contribution in [1.29, 1.82) is 0 Å². The zero-order valence-electron chi connectivity index (χ0n) is 15.9. The zero-order chi connectivity index (χ0) is 19.3. The molecule has 0 aromatic heterocycles. The van der Waals surface area contributed by atoms with Crippen LogP contribution in [0.5, 0.6) is 0 Å². The van der Waals surface area contributed by atoms with Crippen LogP contribution in [-0.4, -0.2) is 76.0 Å². The van der Waals surface area contributed by atoms with Gasteiger partial charge in [-0.2, -0.15) is 4.31 Å². The highest BCUT2D eigenvalue weighted by atomic mass is 32.2. The van der Waals surface area contributed by atoms with E-state index in [0.717, 1.165) is 13.0 Å². The molecule has 0 aliphatic carbocycles. The van der Waals surface area contributed by atoms with Gasteiger partial charge >= 0.3 is 0 Å². The first-order valence-electron chi connectivity index (χ1n) is 8.88. The highest BCUT2D eigenvalue weighted by Crippen LogP contribution is 2.21. The van der Waals surface area contributed by atoms with Crippen LogP contribution in [0.2, 0.25) is 0 Å². The van der Waals surface area contributed by atoms with Gasteiger partial charge in [0.2, 0.25) is 10.0 Å². The molecule has 1 saturated heterocycles. The number of morpholine rings is 1. The predicted molar refractivity (Wildman–Crippen MR) is 101 cm³/mol. The van der Waals surface area contributed by atoms with E-state index >= 15 is 0 Å². The highest BCUT2D eigenvalue weighted by Gasteiger charge is 2.32. The summed E-state index contributed by atoms with van der Waals surface area (Å²) in [5, 5.41) is 2.85. The molecule has 1 aromatic carbocycles. The van der Waals surface area contributed by atoms with E-state index in [9.17, 15) is 13.2 Å². The maximum absolute atomic E-state index is 12.8. The minimum Gasteiger partial charge on any atom is -0.373 e. The van der Waals surface area contributed by atoms with Crippen LogP contribution in [0.15, 0.2) is 29.2 Å². The van der Waals surface area contributed by atoms with E-state index in [2.05, 4.69) is 10.2 Å². The van der Waals surface area contributed by atoms with Crippen molar-refractivity contribution in [2.24, 2.45) is 0 Å². The molecule has 7 nitrogen and oxygen atoms in total. The molecule has 1 aliphatic heterocycles. The summed E-state index contributed by atoms with van der Waals surface area (Å²) < 4.78 is 32.6. The second-order valence-electron chi connectivity index (χ2n) is 7.02. The Morgan fingerprint density at radius 3 is 2.31 bits per heavy atom. The van der Waals surface area contributed by atoms with Gasteiger partial charge in [0, 0.05) is 25.2 Å². The first-order chi connectivity index (χ1) is 12.2. The molecule has 1 aromatic rings.